The van der Waals surface area contributed by atoms with Gasteiger partial charge in [0.05, 0.1) is 0 Å². The monoisotopic (exact) mass is 921 g/mol. The van der Waals surface area contributed by atoms with Gasteiger partial charge in [-0.05, 0) is 109 Å². The Bertz CT molecular complexity index is 1240. The second-order valence-electron chi connectivity index (χ2n) is 18.5. The van der Waals surface area contributed by atoms with Crippen LogP contribution in [0.4, 0.5) is 0 Å². The molecular weight excluding hydrogens is 817 g/mol. The van der Waals surface area contributed by atoms with E-state index in [1.807, 2.05) is 0 Å². The molecule has 0 bridgehead atoms. The molecule has 0 aliphatic heterocycles. The Hall–Kier alpha value is -3.15. The lowest BCUT2D eigenvalue weighted by atomic mass is 10.1. The number of allylic oxidation sites excluding steroid dienone is 12. The van der Waals surface area contributed by atoms with Crippen molar-refractivity contribution in [3.8, 4) is 0 Å². The molecule has 0 rings (SSSR count). The van der Waals surface area contributed by atoms with Crippen molar-refractivity contribution in [2.24, 2.45) is 0 Å². The van der Waals surface area contributed by atoms with E-state index in [0.717, 1.165) is 89.9 Å². The Labute approximate surface area is 408 Å². The molecule has 0 aromatic carbocycles. The molecule has 0 aliphatic rings. The summed E-state index contributed by atoms with van der Waals surface area (Å²) in [7, 11) is 0. The summed E-state index contributed by atoms with van der Waals surface area (Å²) < 4.78 is 16.8. The molecule has 66 heavy (non-hydrogen) atoms. The SMILES string of the molecule is CCCC/C=C\C/C=C\CCCCCCCC(=O)OC[C@H](COC(=O)CCCCCCCCC/C=C\CCCCCCCCCC)OC(=O)CCCC/C=C\C/C=C\C/C=C\CCCCC. The standard InChI is InChI=1S/C60H104O6/c1-4-7-10-13-16-19-22-25-28-29-30-31-33-35-38-41-44-47-50-53-59(62)65-56-57(55-64-58(61)52-49-46-43-40-37-34-27-24-21-18-15-12-9-6-3)66-60(63)54-51-48-45-42-39-36-32-26-23-20-17-14-11-8-5-2/h15,17-18,20,24,26-27,29-30,32,39,42,57H,4-14,16,19,21-23,25,28,31,33-38,40-41,43-56H2,1-3H3/b18-15-,20-17-,27-24-,30-29-,32-26-,42-39-/t57-/m1/s1. The molecule has 0 saturated heterocycles. The summed E-state index contributed by atoms with van der Waals surface area (Å²) in [5.41, 5.74) is 0. The first-order valence-corrected chi connectivity index (χ1v) is 27.9. The Morgan fingerprint density at radius 1 is 0.303 bits per heavy atom. The fourth-order valence-electron chi connectivity index (χ4n) is 7.64. The molecule has 0 aliphatic carbocycles. The third-order valence-electron chi connectivity index (χ3n) is 11.9. The van der Waals surface area contributed by atoms with Crippen LogP contribution in [0.15, 0.2) is 72.9 Å². The lowest BCUT2D eigenvalue weighted by Gasteiger charge is -2.18. The molecule has 0 saturated carbocycles. The number of ether oxygens (including phenoxy) is 3. The minimum absolute atomic E-state index is 0.0973. The number of hydrogen-bond acceptors (Lipinski definition) is 6. The number of hydrogen-bond donors (Lipinski definition) is 0. The molecular formula is C60H104O6. The predicted molar refractivity (Wildman–Crippen MR) is 284 cm³/mol. The molecule has 0 aromatic rings. The molecule has 6 heteroatoms. The first-order chi connectivity index (χ1) is 32.5. The van der Waals surface area contributed by atoms with Crippen LogP contribution in [-0.4, -0.2) is 37.2 Å². The lowest BCUT2D eigenvalue weighted by molar-refractivity contribution is -0.167. The smallest absolute Gasteiger partial charge is 0.306 e. The Balaban J connectivity index is 4.43. The van der Waals surface area contributed by atoms with Gasteiger partial charge in [-0.2, -0.15) is 0 Å². The van der Waals surface area contributed by atoms with E-state index in [1.54, 1.807) is 0 Å². The van der Waals surface area contributed by atoms with E-state index >= 15 is 0 Å². The Morgan fingerprint density at radius 2 is 0.561 bits per heavy atom. The van der Waals surface area contributed by atoms with Gasteiger partial charge < -0.3 is 14.2 Å². The summed E-state index contributed by atoms with van der Waals surface area (Å²) in [5, 5.41) is 0. The molecule has 0 unspecified atom stereocenters. The highest BCUT2D eigenvalue weighted by Crippen LogP contribution is 2.14. The molecule has 0 heterocycles. The van der Waals surface area contributed by atoms with E-state index in [1.165, 1.54) is 135 Å². The Kier molecular flexibility index (Phi) is 51.9. The van der Waals surface area contributed by atoms with Crippen LogP contribution in [0.25, 0.3) is 0 Å². The van der Waals surface area contributed by atoms with Crippen molar-refractivity contribution in [2.45, 2.75) is 277 Å². The fraction of sp³-hybridized carbons (Fsp3) is 0.750. The molecule has 380 valence electrons. The van der Waals surface area contributed by atoms with Gasteiger partial charge in [-0.3, -0.25) is 14.4 Å². The maximum Gasteiger partial charge on any atom is 0.306 e. The first kappa shape index (κ1) is 62.8. The lowest BCUT2D eigenvalue weighted by Crippen LogP contribution is -2.30. The van der Waals surface area contributed by atoms with Crippen LogP contribution in [-0.2, 0) is 28.6 Å². The quantitative estimate of drug-likeness (QED) is 0.0262. The molecule has 0 spiro atoms. The minimum Gasteiger partial charge on any atom is -0.462 e. The van der Waals surface area contributed by atoms with Crippen LogP contribution in [0.2, 0.25) is 0 Å². The van der Waals surface area contributed by atoms with E-state index < -0.39 is 6.10 Å². The number of carbonyl (C=O) groups excluding carboxylic acids is 3. The molecule has 0 aromatic heterocycles. The largest absolute Gasteiger partial charge is 0.462 e. The second kappa shape index (κ2) is 54.5. The van der Waals surface area contributed by atoms with Gasteiger partial charge in [-0.15, -0.1) is 0 Å². The fourth-order valence-corrected chi connectivity index (χ4v) is 7.64. The number of rotatable bonds is 50. The third-order valence-corrected chi connectivity index (χ3v) is 11.9. The molecule has 0 amide bonds. The van der Waals surface area contributed by atoms with Crippen molar-refractivity contribution in [3.05, 3.63) is 72.9 Å². The molecule has 6 nitrogen and oxygen atoms in total. The van der Waals surface area contributed by atoms with Crippen LogP contribution in [0, 0.1) is 0 Å². The number of esters is 3. The first-order valence-electron chi connectivity index (χ1n) is 27.9. The molecule has 1 atom stereocenters. The van der Waals surface area contributed by atoms with Crippen molar-refractivity contribution in [3.63, 3.8) is 0 Å². The Morgan fingerprint density at radius 3 is 0.970 bits per heavy atom. The highest BCUT2D eigenvalue weighted by molar-refractivity contribution is 5.71. The van der Waals surface area contributed by atoms with Gasteiger partial charge in [0, 0.05) is 19.3 Å². The zero-order valence-corrected chi connectivity index (χ0v) is 43.4. The third kappa shape index (κ3) is 51.8. The number of carbonyl (C=O) groups is 3. The summed E-state index contributed by atoms with van der Waals surface area (Å²) in [6, 6.07) is 0. The molecule has 0 fully saturated rings. The van der Waals surface area contributed by atoms with Crippen LogP contribution < -0.4 is 0 Å². The van der Waals surface area contributed by atoms with Gasteiger partial charge in [0.2, 0.25) is 0 Å². The van der Waals surface area contributed by atoms with Crippen molar-refractivity contribution in [1.29, 1.82) is 0 Å². The van der Waals surface area contributed by atoms with Gasteiger partial charge in [-0.25, -0.2) is 0 Å². The topological polar surface area (TPSA) is 78.9 Å². The summed E-state index contributed by atoms with van der Waals surface area (Å²) in [4.78, 5) is 38.1. The number of unbranched alkanes of at least 4 members (excludes halogenated alkanes) is 27. The van der Waals surface area contributed by atoms with Crippen molar-refractivity contribution < 1.29 is 28.6 Å². The maximum absolute atomic E-state index is 12.8. The van der Waals surface area contributed by atoms with Gasteiger partial charge in [0.1, 0.15) is 13.2 Å². The zero-order valence-electron chi connectivity index (χ0n) is 43.4. The van der Waals surface area contributed by atoms with Gasteiger partial charge in [-0.1, -0.05) is 216 Å². The summed E-state index contributed by atoms with van der Waals surface area (Å²) >= 11 is 0. The van der Waals surface area contributed by atoms with E-state index in [-0.39, 0.29) is 37.5 Å². The van der Waals surface area contributed by atoms with Crippen molar-refractivity contribution in [1.82, 2.24) is 0 Å². The summed E-state index contributed by atoms with van der Waals surface area (Å²) in [6.07, 6.45) is 68.9. The predicted octanol–water partition coefficient (Wildman–Crippen LogP) is 18.6. The minimum atomic E-state index is -0.803. The van der Waals surface area contributed by atoms with E-state index in [2.05, 4.69) is 93.7 Å². The van der Waals surface area contributed by atoms with Crippen LogP contribution in [0.1, 0.15) is 271 Å². The highest BCUT2D eigenvalue weighted by Gasteiger charge is 2.19. The summed E-state index contributed by atoms with van der Waals surface area (Å²) in [5.74, 6) is -0.949. The van der Waals surface area contributed by atoms with E-state index in [9.17, 15) is 14.4 Å². The zero-order chi connectivity index (χ0) is 47.9. The summed E-state index contributed by atoms with van der Waals surface area (Å²) in [6.45, 7) is 6.53. The average Bonchev–Trinajstić information content (AvgIpc) is 3.31. The van der Waals surface area contributed by atoms with Crippen LogP contribution in [0.3, 0.4) is 0 Å². The van der Waals surface area contributed by atoms with Gasteiger partial charge >= 0.3 is 17.9 Å². The molecule has 0 radical (unpaired) electrons. The second-order valence-corrected chi connectivity index (χ2v) is 18.5. The van der Waals surface area contributed by atoms with Crippen molar-refractivity contribution in [2.75, 3.05) is 13.2 Å². The van der Waals surface area contributed by atoms with Gasteiger partial charge in [0.15, 0.2) is 6.10 Å². The average molecular weight is 921 g/mol. The van der Waals surface area contributed by atoms with Crippen molar-refractivity contribution >= 4 is 17.9 Å². The highest BCUT2D eigenvalue weighted by atomic mass is 16.6. The normalized spacial score (nSPS) is 12.6. The maximum atomic E-state index is 12.8. The van der Waals surface area contributed by atoms with Crippen LogP contribution in [0.5, 0.6) is 0 Å². The van der Waals surface area contributed by atoms with Gasteiger partial charge in [0.25, 0.3) is 0 Å². The molecule has 0 N–H and O–H groups in total. The van der Waals surface area contributed by atoms with E-state index in [4.69, 9.17) is 14.2 Å². The van der Waals surface area contributed by atoms with Crippen LogP contribution >= 0.6 is 0 Å². The van der Waals surface area contributed by atoms with E-state index in [0.29, 0.717) is 19.3 Å².